The van der Waals surface area contributed by atoms with E-state index in [-0.39, 0.29) is 11.8 Å². The van der Waals surface area contributed by atoms with Crippen LogP contribution in [-0.2, 0) is 9.59 Å². The molecule has 1 aliphatic rings. The average molecular weight is 218 g/mol. The smallest absolute Gasteiger partial charge is 0.234 e. The summed E-state index contributed by atoms with van der Waals surface area (Å²) in [6.45, 7) is 0. The largest absolute Gasteiger partial charge is 0.378 e. The second-order valence-electron chi connectivity index (χ2n) is 4.03. The summed E-state index contributed by atoms with van der Waals surface area (Å²) >= 11 is 0. The minimum absolute atomic E-state index is 0.109. The first-order valence-electron chi connectivity index (χ1n) is 5.23. The summed E-state index contributed by atoms with van der Waals surface area (Å²) < 4.78 is 0. The lowest BCUT2D eigenvalue weighted by molar-refractivity contribution is -0.121. The van der Waals surface area contributed by atoms with Gasteiger partial charge in [0.1, 0.15) is 0 Å². The average Bonchev–Trinajstić information content (AvgIpc) is 2.59. The van der Waals surface area contributed by atoms with Crippen LogP contribution in [0.3, 0.4) is 0 Å². The van der Waals surface area contributed by atoms with Crippen molar-refractivity contribution >= 4 is 23.2 Å². The van der Waals surface area contributed by atoms with Gasteiger partial charge in [-0.1, -0.05) is 0 Å². The zero-order valence-corrected chi connectivity index (χ0v) is 9.43. The number of amides is 2. The summed E-state index contributed by atoms with van der Waals surface area (Å²) in [5.74, 6) is -0.217. The minimum atomic E-state index is -0.109. The third kappa shape index (κ3) is 1.78. The molecule has 4 nitrogen and oxygen atoms in total. The van der Waals surface area contributed by atoms with E-state index >= 15 is 0 Å². The van der Waals surface area contributed by atoms with Crippen LogP contribution in [0.15, 0.2) is 24.3 Å². The Morgan fingerprint density at radius 2 is 1.50 bits per heavy atom. The number of benzene rings is 1. The van der Waals surface area contributed by atoms with E-state index in [1.54, 1.807) is 12.1 Å². The number of anilines is 2. The van der Waals surface area contributed by atoms with Gasteiger partial charge in [0.05, 0.1) is 5.69 Å². The summed E-state index contributed by atoms with van der Waals surface area (Å²) in [4.78, 5) is 26.2. The number of imide groups is 1. The Hall–Kier alpha value is -1.84. The van der Waals surface area contributed by atoms with Crippen molar-refractivity contribution in [2.45, 2.75) is 12.8 Å². The van der Waals surface area contributed by atoms with Crippen molar-refractivity contribution in [3.8, 4) is 0 Å². The van der Waals surface area contributed by atoms with Crippen LogP contribution in [0.5, 0.6) is 0 Å². The predicted octanol–water partition coefficient (Wildman–Crippen LogP) is 1.41. The van der Waals surface area contributed by atoms with Gasteiger partial charge in [-0.05, 0) is 24.3 Å². The number of rotatable bonds is 2. The lowest BCUT2D eigenvalue weighted by Crippen LogP contribution is -2.28. The van der Waals surface area contributed by atoms with Gasteiger partial charge in [0.25, 0.3) is 0 Å². The Kier molecular flexibility index (Phi) is 2.64. The molecule has 1 heterocycles. The summed E-state index contributed by atoms with van der Waals surface area (Å²) in [6, 6.07) is 7.40. The Balaban J connectivity index is 2.28. The van der Waals surface area contributed by atoms with Gasteiger partial charge in [-0.3, -0.25) is 14.5 Å². The fourth-order valence-electron chi connectivity index (χ4n) is 1.76. The molecule has 0 N–H and O–H groups in total. The van der Waals surface area contributed by atoms with Crippen molar-refractivity contribution in [2.24, 2.45) is 0 Å². The second kappa shape index (κ2) is 3.96. The monoisotopic (exact) mass is 218 g/mol. The third-order valence-corrected chi connectivity index (χ3v) is 2.68. The van der Waals surface area contributed by atoms with E-state index in [1.165, 1.54) is 4.90 Å². The second-order valence-corrected chi connectivity index (χ2v) is 4.03. The summed E-state index contributed by atoms with van der Waals surface area (Å²) in [5.41, 5.74) is 1.71. The zero-order valence-electron chi connectivity index (χ0n) is 9.43. The summed E-state index contributed by atoms with van der Waals surface area (Å²) in [7, 11) is 3.89. The number of carbonyl (C=O) groups is 2. The van der Waals surface area contributed by atoms with Crippen molar-refractivity contribution in [1.82, 2.24) is 0 Å². The fourth-order valence-corrected chi connectivity index (χ4v) is 1.76. The standard InChI is InChI=1S/C12H14N2O2/c1-13(2)9-3-5-10(6-4-9)14-11(15)7-8-12(14)16/h3-6H,7-8H2,1-2H3. The highest BCUT2D eigenvalue weighted by Crippen LogP contribution is 2.24. The van der Waals surface area contributed by atoms with Crippen LogP contribution < -0.4 is 9.80 Å². The van der Waals surface area contributed by atoms with Crippen LogP contribution in [-0.4, -0.2) is 25.9 Å². The molecule has 1 aromatic carbocycles. The first-order valence-corrected chi connectivity index (χ1v) is 5.23. The van der Waals surface area contributed by atoms with Crippen LogP contribution in [0.1, 0.15) is 12.8 Å². The molecule has 4 heteroatoms. The molecule has 84 valence electrons. The molecular weight excluding hydrogens is 204 g/mol. The van der Waals surface area contributed by atoms with Gasteiger partial charge >= 0.3 is 0 Å². The third-order valence-electron chi connectivity index (χ3n) is 2.68. The van der Waals surface area contributed by atoms with Crippen LogP contribution in [0, 0.1) is 0 Å². The quantitative estimate of drug-likeness (QED) is 0.705. The number of hydrogen-bond donors (Lipinski definition) is 0. The number of hydrogen-bond acceptors (Lipinski definition) is 3. The van der Waals surface area contributed by atoms with E-state index in [1.807, 2.05) is 31.1 Å². The van der Waals surface area contributed by atoms with Crippen molar-refractivity contribution in [3.05, 3.63) is 24.3 Å². The molecule has 1 aliphatic heterocycles. The van der Waals surface area contributed by atoms with Crippen LogP contribution in [0.2, 0.25) is 0 Å². The van der Waals surface area contributed by atoms with Crippen LogP contribution in [0.4, 0.5) is 11.4 Å². The highest BCUT2D eigenvalue weighted by molar-refractivity contribution is 6.19. The normalized spacial score (nSPS) is 15.8. The number of nitrogens with zero attached hydrogens (tertiary/aromatic N) is 2. The van der Waals surface area contributed by atoms with Crippen LogP contribution >= 0.6 is 0 Å². The minimum Gasteiger partial charge on any atom is -0.378 e. The zero-order chi connectivity index (χ0) is 11.7. The molecule has 16 heavy (non-hydrogen) atoms. The van der Waals surface area contributed by atoms with Gasteiger partial charge in [-0.2, -0.15) is 0 Å². The van der Waals surface area contributed by atoms with Gasteiger partial charge < -0.3 is 4.90 Å². The Bertz CT molecular complexity index is 407. The molecule has 0 radical (unpaired) electrons. The molecule has 1 fully saturated rings. The number of carbonyl (C=O) groups excluding carboxylic acids is 2. The molecular formula is C12H14N2O2. The molecule has 1 saturated heterocycles. The van der Waals surface area contributed by atoms with Gasteiger partial charge in [0, 0.05) is 32.6 Å². The summed E-state index contributed by atoms with van der Waals surface area (Å²) in [6.07, 6.45) is 0.655. The highest BCUT2D eigenvalue weighted by atomic mass is 16.2. The van der Waals surface area contributed by atoms with E-state index in [0.29, 0.717) is 18.5 Å². The Labute approximate surface area is 94.5 Å². The maximum Gasteiger partial charge on any atom is 0.234 e. The van der Waals surface area contributed by atoms with E-state index in [0.717, 1.165) is 5.69 Å². The van der Waals surface area contributed by atoms with E-state index in [9.17, 15) is 9.59 Å². The summed E-state index contributed by atoms with van der Waals surface area (Å²) in [5, 5.41) is 0. The molecule has 1 aromatic rings. The molecule has 2 amide bonds. The predicted molar refractivity (Wildman–Crippen MR) is 62.5 cm³/mol. The van der Waals surface area contributed by atoms with Crippen molar-refractivity contribution < 1.29 is 9.59 Å². The molecule has 0 unspecified atom stereocenters. The van der Waals surface area contributed by atoms with Crippen molar-refractivity contribution in [2.75, 3.05) is 23.9 Å². The molecule has 0 aromatic heterocycles. The maximum absolute atomic E-state index is 11.5. The van der Waals surface area contributed by atoms with Crippen molar-refractivity contribution in [3.63, 3.8) is 0 Å². The van der Waals surface area contributed by atoms with E-state index < -0.39 is 0 Å². The fraction of sp³-hybridized carbons (Fsp3) is 0.333. The molecule has 0 atom stereocenters. The molecule has 0 aliphatic carbocycles. The van der Waals surface area contributed by atoms with Gasteiger partial charge in [0.2, 0.25) is 11.8 Å². The topological polar surface area (TPSA) is 40.6 Å². The lowest BCUT2D eigenvalue weighted by Gasteiger charge is -2.16. The Morgan fingerprint density at radius 1 is 1.00 bits per heavy atom. The van der Waals surface area contributed by atoms with E-state index in [4.69, 9.17) is 0 Å². The first kappa shape index (κ1) is 10.7. The van der Waals surface area contributed by atoms with Crippen molar-refractivity contribution in [1.29, 1.82) is 0 Å². The van der Waals surface area contributed by atoms with Gasteiger partial charge in [-0.25, -0.2) is 0 Å². The highest BCUT2D eigenvalue weighted by Gasteiger charge is 2.29. The first-order chi connectivity index (χ1) is 7.59. The van der Waals surface area contributed by atoms with Gasteiger partial charge in [-0.15, -0.1) is 0 Å². The SMILES string of the molecule is CN(C)c1ccc(N2C(=O)CCC2=O)cc1. The lowest BCUT2D eigenvalue weighted by atomic mass is 10.2. The molecule has 0 spiro atoms. The van der Waals surface area contributed by atoms with Gasteiger partial charge in [0.15, 0.2) is 0 Å². The molecule has 0 bridgehead atoms. The molecule has 2 rings (SSSR count). The van der Waals surface area contributed by atoms with E-state index in [2.05, 4.69) is 0 Å². The Morgan fingerprint density at radius 3 is 1.94 bits per heavy atom. The van der Waals surface area contributed by atoms with Crippen LogP contribution in [0.25, 0.3) is 0 Å². The molecule has 0 saturated carbocycles. The maximum atomic E-state index is 11.5.